The zero-order chi connectivity index (χ0) is 16.4. The second kappa shape index (κ2) is 6.16. The first-order chi connectivity index (χ1) is 10.9. The molecule has 5 heteroatoms. The van der Waals surface area contributed by atoms with Crippen molar-refractivity contribution in [1.82, 2.24) is 4.90 Å². The van der Waals surface area contributed by atoms with Crippen molar-refractivity contribution in [3.05, 3.63) is 65.2 Å². The summed E-state index contributed by atoms with van der Waals surface area (Å²) in [4.78, 5) is 2.26. The lowest BCUT2D eigenvalue weighted by molar-refractivity contribution is 0.352. The van der Waals surface area contributed by atoms with Crippen molar-refractivity contribution in [2.75, 3.05) is 6.54 Å². The van der Waals surface area contributed by atoms with Gasteiger partial charge in [0.1, 0.15) is 5.84 Å². The van der Waals surface area contributed by atoms with Crippen molar-refractivity contribution in [3.8, 4) is 0 Å². The van der Waals surface area contributed by atoms with Gasteiger partial charge in [-0.3, -0.25) is 0 Å². The molecule has 4 nitrogen and oxygen atoms in total. The quantitative estimate of drug-likeness (QED) is 0.865. The third kappa shape index (κ3) is 3.62. The number of nitrogens with zero attached hydrogens (tertiary/aromatic N) is 2. The van der Waals surface area contributed by atoms with E-state index >= 15 is 0 Å². The Morgan fingerprint density at radius 2 is 1.52 bits per heavy atom. The number of rotatable bonds is 4. The fourth-order valence-electron chi connectivity index (χ4n) is 2.46. The topological polar surface area (TPSA) is 49.7 Å². The first kappa shape index (κ1) is 15.7. The van der Waals surface area contributed by atoms with E-state index in [1.165, 1.54) is 5.56 Å². The molecule has 1 fully saturated rings. The van der Waals surface area contributed by atoms with Crippen LogP contribution in [0.1, 0.15) is 23.1 Å². The fraction of sp³-hybridized carbons (Fsp3) is 0.278. The number of hydrogen-bond donors (Lipinski definition) is 0. The number of amidine groups is 1. The Labute approximate surface area is 137 Å². The largest absolute Gasteiger partial charge is 0.355 e. The molecule has 120 valence electrons. The van der Waals surface area contributed by atoms with Crippen LogP contribution in [0.25, 0.3) is 0 Å². The maximum atomic E-state index is 12.4. The smallest absolute Gasteiger partial charge is 0.283 e. The monoisotopic (exact) mass is 328 g/mol. The summed E-state index contributed by atoms with van der Waals surface area (Å²) < 4.78 is 28.8. The molecule has 1 aliphatic heterocycles. The van der Waals surface area contributed by atoms with Gasteiger partial charge in [-0.05, 0) is 31.5 Å². The molecule has 3 rings (SSSR count). The number of benzene rings is 2. The first-order valence-electron chi connectivity index (χ1n) is 7.65. The van der Waals surface area contributed by atoms with Gasteiger partial charge in [0, 0.05) is 19.5 Å². The fourth-order valence-corrected chi connectivity index (χ4v) is 3.53. The molecule has 0 N–H and O–H groups in total. The Balaban J connectivity index is 1.76. The first-order valence-corrected chi connectivity index (χ1v) is 9.09. The van der Waals surface area contributed by atoms with Gasteiger partial charge < -0.3 is 4.90 Å². The van der Waals surface area contributed by atoms with E-state index in [0.29, 0.717) is 18.8 Å². The van der Waals surface area contributed by atoms with Gasteiger partial charge in [0.05, 0.1) is 4.90 Å². The number of aryl methyl sites for hydroxylation is 2. The summed E-state index contributed by atoms with van der Waals surface area (Å²) in [6.07, 6.45) is 0.705. The molecule has 2 aromatic carbocycles. The van der Waals surface area contributed by atoms with Gasteiger partial charge in [0.25, 0.3) is 10.0 Å². The van der Waals surface area contributed by atoms with Crippen molar-refractivity contribution in [3.63, 3.8) is 0 Å². The average molecular weight is 328 g/mol. The summed E-state index contributed by atoms with van der Waals surface area (Å²) in [6.45, 7) is 5.52. The van der Waals surface area contributed by atoms with Gasteiger partial charge in [-0.25, -0.2) is 0 Å². The SMILES string of the molecule is Cc1ccc(CN2CC/C2=N/S(=O)(=O)c2ccc(C)cc2)cc1. The van der Waals surface area contributed by atoms with Gasteiger partial charge >= 0.3 is 0 Å². The lowest BCUT2D eigenvalue weighted by Gasteiger charge is -2.34. The maximum Gasteiger partial charge on any atom is 0.283 e. The van der Waals surface area contributed by atoms with Crippen LogP contribution < -0.4 is 0 Å². The van der Waals surface area contributed by atoms with E-state index in [1.807, 2.05) is 11.8 Å². The molecular formula is C18H20N2O2S. The molecule has 1 aliphatic rings. The van der Waals surface area contributed by atoms with Crippen LogP contribution in [0.3, 0.4) is 0 Å². The van der Waals surface area contributed by atoms with Crippen LogP contribution in [0, 0.1) is 13.8 Å². The Morgan fingerprint density at radius 3 is 2.04 bits per heavy atom. The van der Waals surface area contributed by atoms with E-state index in [4.69, 9.17) is 0 Å². The highest BCUT2D eigenvalue weighted by atomic mass is 32.2. The molecule has 0 atom stereocenters. The van der Waals surface area contributed by atoms with Crippen molar-refractivity contribution in [2.45, 2.75) is 31.7 Å². The zero-order valence-corrected chi connectivity index (χ0v) is 14.2. The minimum atomic E-state index is -3.62. The summed E-state index contributed by atoms with van der Waals surface area (Å²) in [6, 6.07) is 15.1. The van der Waals surface area contributed by atoms with E-state index < -0.39 is 10.0 Å². The molecule has 0 unspecified atom stereocenters. The molecule has 23 heavy (non-hydrogen) atoms. The minimum Gasteiger partial charge on any atom is -0.355 e. The van der Waals surface area contributed by atoms with E-state index in [2.05, 4.69) is 35.6 Å². The van der Waals surface area contributed by atoms with Gasteiger partial charge in [0.15, 0.2) is 0 Å². The number of likely N-dealkylation sites (tertiary alicyclic amines) is 1. The predicted molar refractivity (Wildman–Crippen MR) is 92.0 cm³/mol. The Bertz CT molecular complexity index is 822. The zero-order valence-electron chi connectivity index (χ0n) is 13.4. The van der Waals surface area contributed by atoms with E-state index in [9.17, 15) is 8.42 Å². The molecule has 0 saturated carbocycles. The van der Waals surface area contributed by atoms with Crippen molar-refractivity contribution in [1.29, 1.82) is 0 Å². The van der Waals surface area contributed by atoms with Crippen LogP contribution in [-0.4, -0.2) is 25.7 Å². The van der Waals surface area contributed by atoms with E-state index in [-0.39, 0.29) is 4.90 Å². The Kier molecular flexibility index (Phi) is 4.22. The van der Waals surface area contributed by atoms with E-state index in [1.54, 1.807) is 24.3 Å². The average Bonchev–Trinajstić information content (AvgIpc) is 2.51. The maximum absolute atomic E-state index is 12.4. The molecule has 0 radical (unpaired) electrons. The lowest BCUT2D eigenvalue weighted by Crippen LogP contribution is -2.43. The Hall–Kier alpha value is -2.14. The molecule has 0 amide bonds. The Morgan fingerprint density at radius 1 is 0.957 bits per heavy atom. The van der Waals surface area contributed by atoms with Gasteiger partial charge in [-0.2, -0.15) is 8.42 Å². The van der Waals surface area contributed by atoms with Crippen molar-refractivity contribution < 1.29 is 8.42 Å². The number of sulfonamides is 1. The van der Waals surface area contributed by atoms with Crippen LogP contribution in [-0.2, 0) is 16.6 Å². The highest BCUT2D eigenvalue weighted by Gasteiger charge is 2.25. The standard InChI is InChI=1S/C18H20N2O2S/c1-14-3-7-16(8-4-14)13-20-12-11-18(20)19-23(21,22)17-9-5-15(2)6-10-17/h3-10H,11-13H2,1-2H3/b19-18-. The summed E-state index contributed by atoms with van der Waals surface area (Å²) in [7, 11) is -3.62. The van der Waals surface area contributed by atoms with Crippen molar-refractivity contribution in [2.24, 2.45) is 4.40 Å². The summed E-state index contributed by atoms with van der Waals surface area (Å²) in [5, 5.41) is 0. The second-order valence-corrected chi connectivity index (χ2v) is 7.56. The molecule has 1 heterocycles. The third-order valence-electron chi connectivity index (χ3n) is 4.01. The van der Waals surface area contributed by atoms with Gasteiger partial charge in [-0.15, -0.1) is 4.40 Å². The molecular weight excluding hydrogens is 308 g/mol. The van der Waals surface area contributed by atoms with Crippen molar-refractivity contribution >= 4 is 15.9 Å². The molecule has 0 spiro atoms. The summed E-state index contributed by atoms with van der Waals surface area (Å²) in [5.41, 5.74) is 3.41. The molecule has 0 aromatic heterocycles. The highest BCUT2D eigenvalue weighted by molar-refractivity contribution is 7.90. The molecule has 0 bridgehead atoms. The van der Waals surface area contributed by atoms with E-state index in [0.717, 1.165) is 17.7 Å². The van der Waals surface area contributed by atoms with Crippen LogP contribution in [0.15, 0.2) is 57.8 Å². The highest BCUT2D eigenvalue weighted by Crippen LogP contribution is 2.20. The summed E-state index contributed by atoms with van der Waals surface area (Å²) >= 11 is 0. The minimum absolute atomic E-state index is 0.248. The second-order valence-electron chi connectivity index (χ2n) is 5.95. The summed E-state index contributed by atoms with van der Waals surface area (Å²) in [5.74, 6) is 0.645. The molecule has 0 aliphatic carbocycles. The third-order valence-corrected chi connectivity index (χ3v) is 5.33. The van der Waals surface area contributed by atoms with Crippen LogP contribution in [0.5, 0.6) is 0 Å². The van der Waals surface area contributed by atoms with Crippen LogP contribution in [0.2, 0.25) is 0 Å². The normalized spacial score (nSPS) is 16.4. The molecule has 2 aromatic rings. The predicted octanol–water partition coefficient (Wildman–Crippen LogP) is 3.30. The van der Waals surface area contributed by atoms with Crippen LogP contribution in [0.4, 0.5) is 0 Å². The van der Waals surface area contributed by atoms with Crippen LogP contribution >= 0.6 is 0 Å². The van der Waals surface area contributed by atoms with Gasteiger partial charge in [0.2, 0.25) is 0 Å². The molecule has 1 saturated heterocycles. The lowest BCUT2D eigenvalue weighted by atomic mass is 10.1. The van der Waals surface area contributed by atoms with Gasteiger partial charge in [-0.1, -0.05) is 47.5 Å². The number of hydrogen-bond acceptors (Lipinski definition) is 2.